The minimum atomic E-state index is -4.02. The van der Waals surface area contributed by atoms with Gasteiger partial charge in [-0.3, -0.25) is 4.79 Å². The van der Waals surface area contributed by atoms with Crippen molar-refractivity contribution in [1.29, 1.82) is 0 Å². The number of hydrogen-bond acceptors (Lipinski definition) is 5. The second-order valence-corrected chi connectivity index (χ2v) is 7.44. The number of nitrogens with one attached hydrogen (secondary N) is 1. The minimum Gasteiger partial charge on any atom is -0.480 e. The van der Waals surface area contributed by atoms with Crippen LogP contribution in [0.25, 0.3) is 0 Å². The van der Waals surface area contributed by atoms with Gasteiger partial charge in [-0.1, -0.05) is 13.8 Å². The van der Waals surface area contributed by atoms with E-state index in [0.29, 0.717) is 5.82 Å². The highest BCUT2D eigenvalue weighted by Gasteiger charge is 2.44. The molecule has 1 saturated heterocycles. The van der Waals surface area contributed by atoms with Crippen molar-refractivity contribution in [3.63, 3.8) is 0 Å². The molecule has 0 bridgehead atoms. The van der Waals surface area contributed by atoms with Gasteiger partial charge in [-0.2, -0.15) is 4.72 Å². The number of aromatic nitrogens is 2. The molecule has 0 amide bonds. The molecule has 1 aromatic rings. The number of carboxylic acid groups (broad SMARTS) is 1. The van der Waals surface area contributed by atoms with E-state index in [1.807, 2.05) is 13.8 Å². The highest BCUT2D eigenvalue weighted by Crippen LogP contribution is 2.24. The Kier molecular flexibility index (Phi) is 4.59. The van der Waals surface area contributed by atoms with Crippen molar-refractivity contribution in [2.75, 3.05) is 13.2 Å². The number of imidazole rings is 1. The topological polar surface area (TPSA) is 111 Å². The third-order valence-electron chi connectivity index (χ3n) is 3.77. The van der Waals surface area contributed by atoms with Crippen molar-refractivity contribution < 1.29 is 23.1 Å². The van der Waals surface area contributed by atoms with Crippen molar-refractivity contribution in [3.05, 3.63) is 12.0 Å². The number of carbonyl (C=O) groups is 1. The van der Waals surface area contributed by atoms with E-state index in [-0.39, 0.29) is 37.0 Å². The lowest BCUT2D eigenvalue weighted by molar-refractivity contribution is -0.147. The molecule has 2 N–H and O–H groups in total. The molecule has 1 fully saturated rings. The summed E-state index contributed by atoms with van der Waals surface area (Å²) in [6, 6.07) is 0. The summed E-state index contributed by atoms with van der Waals surface area (Å²) in [5.41, 5.74) is -1.54. The van der Waals surface area contributed by atoms with Gasteiger partial charge in [-0.25, -0.2) is 13.4 Å². The van der Waals surface area contributed by atoms with Gasteiger partial charge in [-0.05, 0) is 0 Å². The van der Waals surface area contributed by atoms with E-state index in [2.05, 4.69) is 9.71 Å². The number of hydrogen-bond donors (Lipinski definition) is 2. The fourth-order valence-corrected chi connectivity index (χ4v) is 3.93. The molecule has 0 saturated carbocycles. The molecule has 0 aromatic carbocycles. The Bertz CT molecular complexity index is 659. The molecule has 0 atom stereocenters. The summed E-state index contributed by atoms with van der Waals surface area (Å²) in [7, 11) is -2.31. The molecule has 0 radical (unpaired) electrons. The standard InChI is InChI=1S/C13H21N3O5S/c1-9(2)11-14-10(8-16(11)3)22(19,20)15-13(12(17)18)4-6-21-7-5-13/h8-9,15H,4-7H2,1-3H3,(H,17,18). The fourth-order valence-electron chi connectivity index (χ4n) is 2.51. The van der Waals surface area contributed by atoms with Gasteiger partial charge in [0.2, 0.25) is 0 Å². The zero-order valence-electron chi connectivity index (χ0n) is 12.9. The molecule has 1 aromatic heterocycles. The SMILES string of the molecule is CC(C)c1nc(S(=O)(=O)NC2(C(=O)O)CCOCC2)cn1C. The number of rotatable bonds is 5. The van der Waals surface area contributed by atoms with Crippen molar-refractivity contribution in [1.82, 2.24) is 14.3 Å². The van der Waals surface area contributed by atoms with Gasteiger partial charge in [0.1, 0.15) is 11.4 Å². The van der Waals surface area contributed by atoms with Crippen LogP contribution in [0.4, 0.5) is 0 Å². The number of sulfonamides is 1. The van der Waals surface area contributed by atoms with Crippen LogP contribution in [-0.2, 0) is 26.6 Å². The largest absolute Gasteiger partial charge is 0.480 e. The predicted molar refractivity (Wildman–Crippen MR) is 78.0 cm³/mol. The first-order valence-electron chi connectivity index (χ1n) is 7.06. The molecule has 9 heteroatoms. The highest BCUT2D eigenvalue weighted by atomic mass is 32.2. The van der Waals surface area contributed by atoms with Crippen molar-refractivity contribution in [3.8, 4) is 0 Å². The summed E-state index contributed by atoms with van der Waals surface area (Å²) in [4.78, 5) is 15.7. The van der Waals surface area contributed by atoms with Crippen molar-refractivity contribution in [2.24, 2.45) is 7.05 Å². The lowest BCUT2D eigenvalue weighted by Crippen LogP contribution is -2.57. The van der Waals surface area contributed by atoms with Crippen LogP contribution in [0.15, 0.2) is 11.2 Å². The summed E-state index contributed by atoms with van der Waals surface area (Å²) in [6.07, 6.45) is 1.57. The molecule has 0 spiro atoms. The lowest BCUT2D eigenvalue weighted by atomic mass is 9.92. The maximum Gasteiger partial charge on any atom is 0.325 e. The fraction of sp³-hybridized carbons (Fsp3) is 0.692. The molecule has 1 aliphatic rings. The summed E-state index contributed by atoms with van der Waals surface area (Å²) in [5.74, 6) is -0.512. The monoisotopic (exact) mass is 331 g/mol. The summed E-state index contributed by atoms with van der Waals surface area (Å²) < 4.78 is 34.1. The van der Waals surface area contributed by atoms with Gasteiger partial charge in [0.05, 0.1) is 0 Å². The molecular weight excluding hydrogens is 310 g/mol. The maximum atomic E-state index is 12.5. The van der Waals surface area contributed by atoms with Crippen LogP contribution in [0.2, 0.25) is 0 Å². The van der Waals surface area contributed by atoms with Crippen LogP contribution in [0.3, 0.4) is 0 Å². The summed E-state index contributed by atoms with van der Waals surface area (Å²) in [6.45, 7) is 4.22. The van der Waals surface area contributed by atoms with Gasteiger partial charge < -0.3 is 14.4 Å². The van der Waals surface area contributed by atoms with E-state index < -0.39 is 21.5 Å². The first-order chi connectivity index (χ1) is 10.2. The van der Waals surface area contributed by atoms with Gasteiger partial charge in [0.25, 0.3) is 10.0 Å². The van der Waals surface area contributed by atoms with E-state index in [1.165, 1.54) is 6.20 Å². The Labute approximate surface area is 129 Å². The third kappa shape index (κ3) is 3.16. The first-order valence-corrected chi connectivity index (χ1v) is 8.55. The normalized spacial score (nSPS) is 18.5. The number of aryl methyl sites for hydroxylation is 1. The average Bonchev–Trinajstić information content (AvgIpc) is 2.82. The van der Waals surface area contributed by atoms with Crippen LogP contribution in [0, 0.1) is 0 Å². The van der Waals surface area contributed by atoms with Crippen LogP contribution >= 0.6 is 0 Å². The van der Waals surface area contributed by atoms with E-state index in [1.54, 1.807) is 11.6 Å². The molecule has 0 aliphatic carbocycles. The minimum absolute atomic E-state index is 0.0606. The lowest BCUT2D eigenvalue weighted by Gasteiger charge is -2.33. The van der Waals surface area contributed by atoms with E-state index >= 15 is 0 Å². The number of carboxylic acids is 1. The van der Waals surface area contributed by atoms with E-state index in [0.717, 1.165) is 0 Å². The number of aliphatic carboxylic acids is 1. The van der Waals surface area contributed by atoms with Crippen LogP contribution < -0.4 is 4.72 Å². The smallest absolute Gasteiger partial charge is 0.325 e. The molecule has 8 nitrogen and oxygen atoms in total. The summed E-state index contributed by atoms with van der Waals surface area (Å²) >= 11 is 0. The number of nitrogens with zero attached hydrogens (tertiary/aromatic N) is 2. The van der Waals surface area contributed by atoms with Gasteiger partial charge >= 0.3 is 5.97 Å². The maximum absolute atomic E-state index is 12.5. The van der Waals surface area contributed by atoms with Gasteiger partial charge in [0, 0.05) is 45.2 Å². The Morgan fingerprint density at radius 3 is 2.50 bits per heavy atom. The Balaban J connectivity index is 2.34. The molecule has 1 aliphatic heterocycles. The molecule has 2 heterocycles. The third-order valence-corrected chi connectivity index (χ3v) is 5.17. The van der Waals surface area contributed by atoms with Gasteiger partial charge in [-0.15, -0.1) is 0 Å². The van der Waals surface area contributed by atoms with Gasteiger partial charge in [0.15, 0.2) is 5.03 Å². The number of ether oxygens (including phenoxy) is 1. The Hall–Kier alpha value is -1.45. The molecule has 124 valence electrons. The second kappa shape index (κ2) is 5.98. The summed E-state index contributed by atoms with van der Waals surface area (Å²) in [5, 5.41) is 9.28. The van der Waals surface area contributed by atoms with Crippen molar-refractivity contribution in [2.45, 2.75) is 43.2 Å². The molecule has 2 rings (SSSR count). The second-order valence-electron chi connectivity index (χ2n) is 5.81. The highest BCUT2D eigenvalue weighted by molar-refractivity contribution is 7.89. The predicted octanol–water partition coefficient (Wildman–Crippen LogP) is 0.456. The van der Waals surface area contributed by atoms with E-state index in [9.17, 15) is 18.3 Å². The average molecular weight is 331 g/mol. The quantitative estimate of drug-likeness (QED) is 0.811. The molecule has 0 unspecified atom stereocenters. The van der Waals surface area contributed by atoms with Crippen LogP contribution in [0.1, 0.15) is 38.4 Å². The zero-order valence-corrected chi connectivity index (χ0v) is 13.7. The molecular formula is C13H21N3O5S. The Morgan fingerprint density at radius 2 is 2.05 bits per heavy atom. The molecule has 22 heavy (non-hydrogen) atoms. The first kappa shape index (κ1) is 16.9. The van der Waals surface area contributed by atoms with E-state index in [4.69, 9.17) is 4.74 Å². The zero-order chi connectivity index (χ0) is 16.5. The van der Waals surface area contributed by atoms with Crippen LogP contribution in [-0.4, -0.2) is 47.8 Å². The van der Waals surface area contributed by atoms with Crippen molar-refractivity contribution >= 4 is 16.0 Å². The van der Waals surface area contributed by atoms with Crippen LogP contribution in [0.5, 0.6) is 0 Å². The Morgan fingerprint density at radius 1 is 1.45 bits per heavy atom.